The van der Waals surface area contributed by atoms with E-state index in [2.05, 4.69) is 4.72 Å². The van der Waals surface area contributed by atoms with Crippen molar-refractivity contribution in [3.63, 3.8) is 0 Å². The number of nitrogens with one attached hydrogen (secondary N) is 1. The molecule has 0 saturated heterocycles. The van der Waals surface area contributed by atoms with Crippen molar-refractivity contribution in [2.75, 3.05) is 0 Å². The van der Waals surface area contributed by atoms with Crippen LogP contribution in [0.15, 0.2) is 40.0 Å². The number of hydrogen-bond acceptors (Lipinski definition) is 4. The second-order valence-corrected chi connectivity index (χ2v) is 6.52. The summed E-state index contributed by atoms with van der Waals surface area (Å²) < 4.78 is 31.7. The average molecular weight is 335 g/mol. The number of sulfonamides is 1. The molecule has 3 N–H and O–H groups in total. The second kappa shape index (κ2) is 6.15. The molecule has 0 saturated carbocycles. The maximum absolute atomic E-state index is 12.2. The van der Waals surface area contributed by atoms with E-state index < -0.39 is 10.0 Å². The van der Waals surface area contributed by atoms with Gasteiger partial charge < -0.3 is 10.2 Å². The summed E-state index contributed by atoms with van der Waals surface area (Å²) in [6.45, 7) is 0.165. The van der Waals surface area contributed by atoms with Gasteiger partial charge in [0.2, 0.25) is 10.0 Å². The lowest BCUT2D eigenvalue weighted by atomic mass is 10.2. The molecule has 1 aromatic carbocycles. The van der Waals surface area contributed by atoms with Crippen molar-refractivity contribution in [2.24, 2.45) is 5.73 Å². The fourth-order valence-electron chi connectivity index (χ4n) is 1.62. The number of halogens is 2. The summed E-state index contributed by atoms with van der Waals surface area (Å²) in [6.07, 6.45) is 2.92. The minimum absolute atomic E-state index is 0.0414. The lowest BCUT2D eigenvalue weighted by Gasteiger charge is -2.11. The van der Waals surface area contributed by atoms with E-state index in [1.807, 2.05) is 0 Å². The van der Waals surface area contributed by atoms with Gasteiger partial charge >= 0.3 is 0 Å². The molecule has 0 bridgehead atoms. The first kappa shape index (κ1) is 15.3. The van der Waals surface area contributed by atoms with Gasteiger partial charge in [-0.15, -0.1) is 0 Å². The second-order valence-electron chi connectivity index (χ2n) is 4.00. The van der Waals surface area contributed by atoms with Crippen LogP contribution >= 0.6 is 23.2 Å². The van der Waals surface area contributed by atoms with Crippen molar-refractivity contribution in [2.45, 2.75) is 18.0 Å². The van der Waals surface area contributed by atoms with Crippen LogP contribution < -0.4 is 10.5 Å². The first-order valence-electron chi connectivity index (χ1n) is 5.63. The standard InChI is InChI=1S/C12H12Cl2N2O3S/c13-10-1-2-11(12(14)9(10)5-15)20(17,18)16-6-8-3-4-19-7-8/h1-4,7,16H,5-6,15H2. The lowest BCUT2D eigenvalue weighted by Crippen LogP contribution is -2.23. The molecule has 0 radical (unpaired) electrons. The van der Waals surface area contributed by atoms with E-state index in [9.17, 15) is 8.42 Å². The van der Waals surface area contributed by atoms with Gasteiger partial charge in [0.1, 0.15) is 4.90 Å². The van der Waals surface area contributed by atoms with E-state index in [0.717, 1.165) is 0 Å². The van der Waals surface area contributed by atoms with Gasteiger partial charge in [0.05, 0.1) is 17.5 Å². The van der Waals surface area contributed by atoms with E-state index in [-0.39, 0.29) is 23.0 Å². The molecule has 0 unspecified atom stereocenters. The molecule has 0 aliphatic carbocycles. The third-order valence-corrected chi connectivity index (χ3v) is 5.03. The quantitative estimate of drug-likeness (QED) is 0.879. The molecule has 8 heteroatoms. The highest BCUT2D eigenvalue weighted by Gasteiger charge is 2.21. The Morgan fingerprint density at radius 2 is 2.00 bits per heavy atom. The summed E-state index contributed by atoms with van der Waals surface area (Å²) in [5.41, 5.74) is 6.63. The highest BCUT2D eigenvalue weighted by atomic mass is 35.5. The summed E-state index contributed by atoms with van der Waals surface area (Å²) in [5.74, 6) is 0. The van der Waals surface area contributed by atoms with Crippen LogP contribution in [0.4, 0.5) is 0 Å². The Bertz CT molecular complexity index is 700. The van der Waals surface area contributed by atoms with Crippen LogP contribution in [0.2, 0.25) is 10.0 Å². The number of nitrogens with two attached hydrogens (primary N) is 1. The Morgan fingerprint density at radius 1 is 1.25 bits per heavy atom. The van der Waals surface area contributed by atoms with Crippen LogP contribution in [-0.2, 0) is 23.1 Å². The number of furan rings is 1. The van der Waals surface area contributed by atoms with Crippen molar-refractivity contribution >= 4 is 33.2 Å². The molecule has 0 aliphatic rings. The molecular formula is C12H12Cl2N2O3S. The first-order chi connectivity index (χ1) is 9.45. The molecule has 2 rings (SSSR count). The summed E-state index contributed by atoms with van der Waals surface area (Å²) in [6, 6.07) is 4.47. The molecule has 0 amide bonds. The summed E-state index contributed by atoms with van der Waals surface area (Å²) >= 11 is 12.0. The Hall–Kier alpha value is -1.05. The molecule has 0 atom stereocenters. The normalized spacial score (nSPS) is 11.8. The van der Waals surface area contributed by atoms with Crippen LogP contribution in [0, 0.1) is 0 Å². The molecule has 5 nitrogen and oxygen atoms in total. The van der Waals surface area contributed by atoms with Crippen LogP contribution in [0.1, 0.15) is 11.1 Å². The summed E-state index contributed by atoms with van der Waals surface area (Å²) in [4.78, 5) is -0.0486. The minimum atomic E-state index is -3.75. The summed E-state index contributed by atoms with van der Waals surface area (Å²) in [5, 5.41) is 0.381. The highest BCUT2D eigenvalue weighted by molar-refractivity contribution is 7.89. The van der Waals surface area contributed by atoms with Crippen LogP contribution in [0.25, 0.3) is 0 Å². The number of hydrogen-bond donors (Lipinski definition) is 2. The maximum Gasteiger partial charge on any atom is 0.242 e. The van der Waals surface area contributed by atoms with Crippen molar-refractivity contribution in [1.82, 2.24) is 4.72 Å². The molecule has 1 aromatic heterocycles. The Kier molecular flexibility index (Phi) is 4.72. The van der Waals surface area contributed by atoms with Gasteiger partial charge in [0.25, 0.3) is 0 Å². The third kappa shape index (κ3) is 3.16. The largest absolute Gasteiger partial charge is 0.472 e. The predicted octanol–water partition coefficient (Wildman–Crippen LogP) is 2.52. The smallest absolute Gasteiger partial charge is 0.242 e. The zero-order valence-electron chi connectivity index (χ0n) is 10.3. The van der Waals surface area contributed by atoms with Gasteiger partial charge in [0.15, 0.2) is 0 Å². The molecule has 0 aliphatic heterocycles. The van der Waals surface area contributed by atoms with Gasteiger partial charge in [0, 0.05) is 29.2 Å². The molecule has 108 valence electrons. The maximum atomic E-state index is 12.2. The van der Waals surface area contributed by atoms with E-state index >= 15 is 0 Å². The van der Waals surface area contributed by atoms with Crippen LogP contribution in [-0.4, -0.2) is 8.42 Å². The molecule has 0 spiro atoms. The topological polar surface area (TPSA) is 85.3 Å². The van der Waals surface area contributed by atoms with Gasteiger partial charge in [-0.25, -0.2) is 13.1 Å². The minimum Gasteiger partial charge on any atom is -0.472 e. The molecule has 20 heavy (non-hydrogen) atoms. The zero-order chi connectivity index (χ0) is 14.8. The van der Waals surface area contributed by atoms with Crippen molar-refractivity contribution in [3.05, 3.63) is 51.9 Å². The number of rotatable bonds is 5. The van der Waals surface area contributed by atoms with Crippen molar-refractivity contribution < 1.29 is 12.8 Å². The van der Waals surface area contributed by atoms with Crippen molar-refractivity contribution in [3.8, 4) is 0 Å². The fourth-order valence-corrected chi connectivity index (χ4v) is 3.57. The zero-order valence-corrected chi connectivity index (χ0v) is 12.6. The predicted molar refractivity (Wildman–Crippen MR) is 77.1 cm³/mol. The van der Waals surface area contributed by atoms with E-state index in [4.69, 9.17) is 33.4 Å². The Labute approximate surface area is 126 Å². The molecule has 1 heterocycles. The Balaban J connectivity index is 2.30. The van der Waals surface area contributed by atoms with Crippen LogP contribution in [0.3, 0.4) is 0 Å². The van der Waals surface area contributed by atoms with Gasteiger partial charge in [-0.3, -0.25) is 0 Å². The van der Waals surface area contributed by atoms with E-state index in [0.29, 0.717) is 16.1 Å². The molecule has 0 fully saturated rings. The van der Waals surface area contributed by atoms with E-state index in [1.165, 1.54) is 24.7 Å². The van der Waals surface area contributed by atoms with Gasteiger partial charge in [-0.2, -0.15) is 0 Å². The third-order valence-electron chi connectivity index (χ3n) is 2.69. The molecular weight excluding hydrogens is 323 g/mol. The van der Waals surface area contributed by atoms with Crippen molar-refractivity contribution in [1.29, 1.82) is 0 Å². The number of benzene rings is 1. The SMILES string of the molecule is NCc1c(Cl)ccc(S(=O)(=O)NCc2ccoc2)c1Cl. The van der Waals surface area contributed by atoms with Crippen LogP contribution in [0.5, 0.6) is 0 Å². The fraction of sp³-hybridized carbons (Fsp3) is 0.167. The highest BCUT2D eigenvalue weighted by Crippen LogP contribution is 2.30. The summed E-state index contributed by atoms with van der Waals surface area (Å²) in [7, 11) is -3.75. The Morgan fingerprint density at radius 3 is 2.60 bits per heavy atom. The molecule has 2 aromatic rings. The lowest BCUT2D eigenvalue weighted by molar-refractivity contribution is 0.561. The average Bonchev–Trinajstić information content (AvgIpc) is 2.90. The monoisotopic (exact) mass is 334 g/mol. The van der Waals surface area contributed by atoms with E-state index in [1.54, 1.807) is 6.07 Å². The van der Waals surface area contributed by atoms with Gasteiger partial charge in [-0.1, -0.05) is 23.2 Å². The first-order valence-corrected chi connectivity index (χ1v) is 7.87. The van der Waals surface area contributed by atoms with Gasteiger partial charge in [-0.05, 0) is 18.2 Å².